The monoisotopic (exact) mass is 283 g/mol. The molecule has 0 unspecified atom stereocenters. The van der Waals surface area contributed by atoms with Crippen LogP contribution in [0.4, 0.5) is 11.4 Å². The average Bonchev–Trinajstić information content (AvgIpc) is 2.47. The van der Waals surface area contributed by atoms with Crippen molar-refractivity contribution in [2.75, 3.05) is 24.6 Å². The summed E-state index contributed by atoms with van der Waals surface area (Å²) in [4.78, 5) is 14.3. The number of hydrogen-bond acceptors (Lipinski definition) is 3. The number of hydrogen-bond donors (Lipinski definition) is 2. The lowest BCUT2D eigenvalue weighted by Crippen LogP contribution is -2.32. The molecule has 0 heterocycles. The molecule has 4 heteroatoms. The van der Waals surface area contributed by atoms with Gasteiger partial charge < -0.3 is 16.4 Å². The van der Waals surface area contributed by atoms with E-state index in [1.54, 1.807) is 23.1 Å². The largest absolute Gasteiger partial charge is 0.399 e. The number of rotatable bonds is 5. The van der Waals surface area contributed by atoms with Gasteiger partial charge in [-0.3, -0.25) is 4.79 Å². The molecule has 2 aromatic carbocycles. The van der Waals surface area contributed by atoms with Crippen molar-refractivity contribution in [3.8, 4) is 0 Å². The van der Waals surface area contributed by atoms with E-state index < -0.39 is 0 Å². The number of carbonyl (C=O) groups is 1. The second kappa shape index (κ2) is 6.79. The Kier molecular flexibility index (Phi) is 4.82. The summed E-state index contributed by atoms with van der Waals surface area (Å²) >= 11 is 0. The summed E-state index contributed by atoms with van der Waals surface area (Å²) in [5.74, 6) is -0.0348. The molecular weight excluding hydrogens is 262 g/mol. The van der Waals surface area contributed by atoms with Crippen LogP contribution in [0.15, 0.2) is 48.5 Å². The van der Waals surface area contributed by atoms with Gasteiger partial charge in [-0.1, -0.05) is 30.3 Å². The predicted molar refractivity (Wildman–Crippen MR) is 87.0 cm³/mol. The van der Waals surface area contributed by atoms with Crippen LogP contribution in [-0.2, 0) is 6.42 Å². The van der Waals surface area contributed by atoms with E-state index >= 15 is 0 Å². The quantitative estimate of drug-likeness (QED) is 0.828. The molecule has 0 aliphatic carbocycles. The van der Waals surface area contributed by atoms with Crippen molar-refractivity contribution in [1.29, 1.82) is 0 Å². The van der Waals surface area contributed by atoms with Gasteiger partial charge in [-0.15, -0.1) is 0 Å². The van der Waals surface area contributed by atoms with Crippen molar-refractivity contribution in [2.45, 2.75) is 13.3 Å². The van der Waals surface area contributed by atoms with Crippen LogP contribution in [0.1, 0.15) is 22.8 Å². The second-order valence-electron chi connectivity index (χ2n) is 5.01. The first-order valence-electron chi connectivity index (χ1n) is 7.09. The van der Waals surface area contributed by atoms with Crippen molar-refractivity contribution in [2.24, 2.45) is 0 Å². The Labute approximate surface area is 125 Å². The van der Waals surface area contributed by atoms with Gasteiger partial charge >= 0.3 is 0 Å². The SMILES string of the molecule is CCN(CCc1ccccc1)C(=O)c1cc(N)cc(N)c1. The maximum absolute atomic E-state index is 12.5. The smallest absolute Gasteiger partial charge is 0.254 e. The fourth-order valence-electron chi connectivity index (χ4n) is 2.29. The summed E-state index contributed by atoms with van der Waals surface area (Å²) in [5, 5.41) is 0. The molecule has 0 fully saturated rings. The molecule has 0 aromatic heterocycles. The number of nitrogen functional groups attached to an aromatic ring is 2. The molecule has 4 N–H and O–H groups in total. The van der Waals surface area contributed by atoms with E-state index in [9.17, 15) is 4.79 Å². The number of benzene rings is 2. The molecule has 0 radical (unpaired) electrons. The number of nitrogens with zero attached hydrogens (tertiary/aromatic N) is 1. The third-order valence-electron chi connectivity index (χ3n) is 3.41. The van der Waals surface area contributed by atoms with Crippen LogP contribution < -0.4 is 11.5 Å². The van der Waals surface area contributed by atoms with Crippen LogP contribution in [0.2, 0.25) is 0 Å². The molecule has 4 nitrogen and oxygen atoms in total. The summed E-state index contributed by atoms with van der Waals surface area (Å²) in [5.41, 5.74) is 14.3. The van der Waals surface area contributed by atoms with Crippen molar-refractivity contribution >= 4 is 17.3 Å². The lowest BCUT2D eigenvalue weighted by Gasteiger charge is -2.21. The lowest BCUT2D eigenvalue weighted by molar-refractivity contribution is 0.0766. The Morgan fingerprint density at radius 3 is 2.24 bits per heavy atom. The summed E-state index contributed by atoms with van der Waals surface area (Å²) in [6.07, 6.45) is 0.832. The Morgan fingerprint density at radius 1 is 1.05 bits per heavy atom. The van der Waals surface area contributed by atoms with E-state index in [0.717, 1.165) is 6.42 Å². The second-order valence-corrected chi connectivity index (χ2v) is 5.01. The van der Waals surface area contributed by atoms with Gasteiger partial charge in [0.25, 0.3) is 5.91 Å². The van der Waals surface area contributed by atoms with Crippen LogP contribution in [0.25, 0.3) is 0 Å². The summed E-state index contributed by atoms with van der Waals surface area (Å²) in [6, 6.07) is 15.1. The molecular formula is C17H21N3O. The van der Waals surface area contributed by atoms with Gasteiger partial charge in [0.05, 0.1) is 0 Å². The molecule has 2 rings (SSSR count). The lowest BCUT2D eigenvalue weighted by atomic mass is 10.1. The van der Waals surface area contributed by atoms with Crippen LogP contribution >= 0.6 is 0 Å². The third-order valence-corrected chi connectivity index (χ3v) is 3.41. The Bertz CT molecular complexity index is 590. The molecule has 0 saturated carbocycles. The molecule has 1 amide bonds. The minimum atomic E-state index is -0.0348. The van der Waals surface area contributed by atoms with E-state index in [1.165, 1.54) is 5.56 Å². The highest BCUT2D eigenvalue weighted by Crippen LogP contribution is 2.16. The summed E-state index contributed by atoms with van der Waals surface area (Å²) in [6.45, 7) is 3.30. The minimum Gasteiger partial charge on any atom is -0.399 e. The first-order valence-corrected chi connectivity index (χ1v) is 7.09. The van der Waals surface area contributed by atoms with Gasteiger partial charge in [-0.2, -0.15) is 0 Å². The van der Waals surface area contributed by atoms with Gasteiger partial charge in [-0.25, -0.2) is 0 Å². The number of nitrogens with two attached hydrogens (primary N) is 2. The van der Waals surface area contributed by atoms with Crippen molar-refractivity contribution in [1.82, 2.24) is 4.90 Å². The van der Waals surface area contributed by atoms with Gasteiger partial charge in [-0.05, 0) is 37.1 Å². The summed E-state index contributed by atoms with van der Waals surface area (Å²) in [7, 11) is 0. The van der Waals surface area contributed by atoms with Crippen LogP contribution in [-0.4, -0.2) is 23.9 Å². The number of amides is 1. The Morgan fingerprint density at radius 2 is 1.67 bits per heavy atom. The highest BCUT2D eigenvalue weighted by atomic mass is 16.2. The molecule has 0 aliphatic rings. The van der Waals surface area contributed by atoms with E-state index in [-0.39, 0.29) is 5.91 Å². The molecule has 110 valence electrons. The molecule has 0 spiro atoms. The standard InChI is InChI=1S/C17H21N3O/c1-2-20(9-8-13-6-4-3-5-7-13)17(21)14-10-15(18)12-16(19)11-14/h3-7,10-12H,2,8-9,18-19H2,1H3. The van der Waals surface area contributed by atoms with Crippen LogP contribution in [0.5, 0.6) is 0 Å². The maximum Gasteiger partial charge on any atom is 0.254 e. The first kappa shape index (κ1) is 14.9. The Balaban J connectivity index is 2.08. The molecule has 21 heavy (non-hydrogen) atoms. The van der Waals surface area contributed by atoms with Crippen molar-refractivity contribution in [3.05, 3.63) is 59.7 Å². The zero-order valence-corrected chi connectivity index (χ0v) is 12.3. The topological polar surface area (TPSA) is 72.3 Å². The average molecular weight is 283 g/mol. The van der Waals surface area contributed by atoms with Gasteiger partial charge in [0.1, 0.15) is 0 Å². The Hall–Kier alpha value is -2.49. The van der Waals surface area contributed by atoms with Crippen LogP contribution in [0, 0.1) is 0 Å². The maximum atomic E-state index is 12.5. The van der Waals surface area contributed by atoms with Crippen molar-refractivity contribution < 1.29 is 4.79 Å². The number of carbonyl (C=O) groups excluding carboxylic acids is 1. The fraction of sp³-hybridized carbons (Fsp3) is 0.235. The molecule has 0 aliphatic heterocycles. The highest BCUT2D eigenvalue weighted by Gasteiger charge is 2.14. The fourth-order valence-corrected chi connectivity index (χ4v) is 2.29. The normalized spacial score (nSPS) is 10.3. The van der Waals surface area contributed by atoms with Crippen LogP contribution in [0.3, 0.4) is 0 Å². The van der Waals surface area contributed by atoms with E-state index in [4.69, 9.17) is 11.5 Å². The van der Waals surface area contributed by atoms with Gasteiger partial charge in [0.2, 0.25) is 0 Å². The van der Waals surface area contributed by atoms with E-state index in [2.05, 4.69) is 12.1 Å². The zero-order chi connectivity index (χ0) is 15.2. The number of likely N-dealkylation sites (N-methyl/N-ethyl adjacent to an activating group) is 1. The molecule has 0 atom stereocenters. The number of anilines is 2. The molecule has 2 aromatic rings. The highest BCUT2D eigenvalue weighted by molar-refractivity contribution is 5.96. The molecule has 0 bridgehead atoms. The molecule has 0 saturated heterocycles. The predicted octanol–water partition coefficient (Wildman–Crippen LogP) is 2.56. The van der Waals surface area contributed by atoms with Gasteiger partial charge in [0.15, 0.2) is 0 Å². The third kappa shape index (κ3) is 3.99. The zero-order valence-electron chi connectivity index (χ0n) is 12.3. The first-order chi connectivity index (χ1) is 10.1. The van der Waals surface area contributed by atoms with Crippen molar-refractivity contribution in [3.63, 3.8) is 0 Å². The van der Waals surface area contributed by atoms with E-state index in [1.807, 2.05) is 25.1 Å². The summed E-state index contributed by atoms with van der Waals surface area (Å²) < 4.78 is 0. The van der Waals surface area contributed by atoms with Gasteiger partial charge in [0, 0.05) is 30.0 Å². The van der Waals surface area contributed by atoms with E-state index in [0.29, 0.717) is 30.0 Å². The minimum absolute atomic E-state index is 0.0348.